The van der Waals surface area contributed by atoms with E-state index in [1.54, 1.807) is 0 Å². The maximum absolute atomic E-state index is 6.06. The molecule has 2 heterocycles. The van der Waals surface area contributed by atoms with Crippen molar-refractivity contribution in [3.63, 3.8) is 0 Å². The van der Waals surface area contributed by atoms with E-state index in [0.29, 0.717) is 5.41 Å². The highest BCUT2D eigenvalue weighted by atomic mass is 35.5. The van der Waals surface area contributed by atoms with Gasteiger partial charge in [0.1, 0.15) is 5.72 Å². The maximum atomic E-state index is 6.06. The molecular weight excluding hydrogens is 254 g/mol. The van der Waals surface area contributed by atoms with Crippen LogP contribution in [0, 0.1) is 5.41 Å². The number of thioether (sulfide) groups is 1. The summed E-state index contributed by atoms with van der Waals surface area (Å²) in [5, 5.41) is 4.40. The zero-order valence-corrected chi connectivity index (χ0v) is 12.9. The van der Waals surface area contributed by atoms with Gasteiger partial charge in [-0.05, 0) is 25.5 Å². The van der Waals surface area contributed by atoms with Crippen LogP contribution in [0.5, 0.6) is 0 Å². The Bertz CT molecular complexity index is 232. The Hall–Kier alpha value is 0.560. The van der Waals surface area contributed by atoms with Gasteiger partial charge in [-0.1, -0.05) is 20.3 Å². The molecule has 4 heteroatoms. The Kier molecular flexibility index (Phi) is 5.64. The van der Waals surface area contributed by atoms with Crippen molar-refractivity contribution in [1.82, 2.24) is 5.32 Å². The lowest BCUT2D eigenvalue weighted by molar-refractivity contribution is -0.130. The van der Waals surface area contributed by atoms with Gasteiger partial charge >= 0.3 is 0 Å². The summed E-state index contributed by atoms with van der Waals surface area (Å²) in [5.41, 5.74) is 0.212. The molecule has 0 saturated carbocycles. The van der Waals surface area contributed by atoms with Crippen LogP contribution in [0.1, 0.15) is 46.5 Å². The summed E-state index contributed by atoms with van der Waals surface area (Å²) in [4.78, 5) is 0. The van der Waals surface area contributed by atoms with Gasteiger partial charge in [0.25, 0.3) is 0 Å². The number of hydrogen-bond donors (Lipinski definition) is 1. The summed E-state index contributed by atoms with van der Waals surface area (Å²) in [6.45, 7) is 8.69. The lowest BCUT2D eigenvalue weighted by Gasteiger charge is -2.44. The Morgan fingerprint density at radius 3 is 2.59 bits per heavy atom. The Balaban J connectivity index is 0.00000144. The van der Waals surface area contributed by atoms with Crippen LogP contribution >= 0.6 is 24.2 Å². The predicted octanol–water partition coefficient (Wildman–Crippen LogP) is 3.45. The van der Waals surface area contributed by atoms with Crippen molar-refractivity contribution in [3.05, 3.63) is 0 Å². The fraction of sp³-hybridized carbons (Fsp3) is 1.00. The third-order valence-electron chi connectivity index (χ3n) is 3.61. The average molecular weight is 280 g/mol. The van der Waals surface area contributed by atoms with Crippen LogP contribution in [0.3, 0.4) is 0 Å². The minimum atomic E-state index is -0.0788. The fourth-order valence-electron chi connectivity index (χ4n) is 2.42. The van der Waals surface area contributed by atoms with Crippen LogP contribution in [0.4, 0.5) is 0 Å². The topological polar surface area (TPSA) is 21.3 Å². The molecule has 2 atom stereocenters. The second-order valence-corrected chi connectivity index (χ2v) is 7.64. The molecule has 0 bridgehead atoms. The highest BCUT2D eigenvalue weighted by molar-refractivity contribution is 7.99. The van der Waals surface area contributed by atoms with Gasteiger partial charge in [0.15, 0.2) is 0 Å². The smallest absolute Gasteiger partial charge is 0.117 e. The van der Waals surface area contributed by atoms with Crippen molar-refractivity contribution in [3.8, 4) is 0 Å². The third kappa shape index (κ3) is 4.62. The van der Waals surface area contributed by atoms with Crippen molar-refractivity contribution in [1.29, 1.82) is 0 Å². The molecule has 0 amide bonds. The zero-order chi connectivity index (χ0) is 11.6. The first kappa shape index (κ1) is 15.6. The SMILES string of the molecule is CC1(C)CNC(C)(CC2CCCCS2)OC1.Cl. The van der Waals surface area contributed by atoms with E-state index in [1.165, 1.54) is 25.0 Å². The number of hydrogen-bond acceptors (Lipinski definition) is 3. The summed E-state index contributed by atoms with van der Waals surface area (Å²) < 4.78 is 6.06. The molecule has 0 radical (unpaired) electrons. The third-order valence-corrected chi connectivity index (χ3v) is 5.01. The first-order chi connectivity index (χ1) is 7.49. The molecule has 102 valence electrons. The monoisotopic (exact) mass is 279 g/mol. The predicted molar refractivity (Wildman–Crippen MR) is 78.1 cm³/mol. The summed E-state index contributed by atoms with van der Waals surface area (Å²) in [6.07, 6.45) is 5.33. The first-order valence-electron chi connectivity index (χ1n) is 6.50. The van der Waals surface area contributed by atoms with Gasteiger partial charge in [0.05, 0.1) is 6.61 Å². The van der Waals surface area contributed by atoms with Crippen LogP contribution in [0.2, 0.25) is 0 Å². The molecule has 2 rings (SSSR count). The molecule has 0 aromatic carbocycles. The van der Waals surface area contributed by atoms with E-state index < -0.39 is 0 Å². The Morgan fingerprint density at radius 1 is 1.29 bits per heavy atom. The minimum Gasteiger partial charge on any atom is -0.360 e. The number of rotatable bonds is 2. The summed E-state index contributed by atoms with van der Waals surface area (Å²) in [6, 6.07) is 0. The summed E-state index contributed by atoms with van der Waals surface area (Å²) in [5.74, 6) is 1.34. The highest BCUT2D eigenvalue weighted by Crippen LogP contribution is 2.34. The molecule has 0 spiro atoms. The Morgan fingerprint density at radius 2 is 2.06 bits per heavy atom. The second-order valence-electron chi connectivity index (χ2n) is 6.23. The Labute approximate surface area is 116 Å². The van der Waals surface area contributed by atoms with Crippen molar-refractivity contribution in [2.24, 2.45) is 5.41 Å². The molecule has 2 aliphatic heterocycles. The summed E-state index contributed by atoms with van der Waals surface area (Å²) in [7, 11) is 0. The van der Waals surface area contributed by atoms with Gasteiger partial charge in [-0.25, -0.2) is 0 Å². The van der Waals surface area contributed by atoms with Gasteiger partial charge in [-0.15, -0.1) is 12.4 Å². The zero-order valence-electron chi connectivity index (χ0n) is 11.3. The molecule has 17 heavy (non-hydrogen) atoms. The van der Waals surface area contributed by atoms with Crippen molar-refractivity contribution < 1.29 is 4.74 Å². The molecule has 1 N–H and O–H groups in total. The standard InChI is InChI=1S/C13H25NOS.ClH/c1-12(2)9-14-13(3,15-10-12)8-11-6-4-5-7-16-11;/h11,14H,4-10H2,1-3H3;1H. The number of ether oxygens (including phenoxy) is 1. The molecule has 2 aliphatic rings. The van der Waals surface area contributed by atoms with Crippen LogP contribution in [0.15, 0.2) is 0 Å². The average Bonchev–Trinajstić information content (AvgIpc) is 2.25. The molecule has 0 aromatic heterocycles. The molecule has 2 nitrogen and oxygen atoms in total. The molecular formula is C13H26ClNOS. The van der Waals surface area contributed by atoms with E-state index in [-0.39, 0.29) is 18.1 Å². The van der Waals surface area contributed by atoms with Crippen molar-refractivity contribution in [2.75, 3.05) is 18.9 Å². The van der Waals surface area contributed by atoms with Gasteiger partial charge < -0.3 is 4.74 Å². The number of nitrogens with one attached hydrogen (secondary N) is 1. The van der Waals surface area contributed by atoms with Gasteiger partial charge in [-0.3, -0.25) is 5.32 Å². The van der Waals surface area contributed by atoms with Gasteiger partial charge in [0, 0.05) is 23.6 Å². The van der Waals surface area contributed by atoms with Crippen LogP contribution in [-0.4, -0.2) is 29.9 Å². The highest BCUT2D eigenvalue weighted by Gasteiger charge is 2.37. The van der Waals surface area contributed by atoms with Crippen molar-refractivity contribution in [2.45, 2.75) is 57.4 Å². The van der Waals surface area contributed by atoms with Gasteiger partial charge in [0.2, 0.25) is 0 Å². The molecule has 2 saturated heterocycles. The molecule has 0 aromatic rings. The van der Waals surface area contributed by atoms with Crippen LogP contribution in [-0.2, 0) is 4.74 Å². The normalized spacial score (nSPS) is 37.2. The summed E-state index contributed by atoms with van der Waals surface area (Å²) >= 11 is 2.14. The van der Waals surface area contributed by atoms with Gasteiger partial charge in [-0.2, -0.15) is 11.8 Å². The largest absolute Gasteiger partial charge is 0.360 e. The lowest BCUT2D eigenvalue weighted by Crippen LogP contribution is -2.56. The van der Waals surface area contributed by atoms with E-state index in [0.717, 1.165) is 24.8 Å². The van der Waals surface area contributed by atoms with E-state index >= 15 is 0 Å². The lowest BCUT2D eigenvalue weighted by atomic mass is 9.91. The fourth-order valence-corrected chi connectivity index (χ4v) is 3.89. The van der Waals surface area contributed by atoms with Crippen LogP contribution < -0.4 is 5.32 Å². The van der Waals surface area contributed by atoms with E-state index in [1.807, 2.05) is 0 Å². The first-order valence-corrected chi connectivity index (χ1v) is 7.55. The molecule has 2 unspecified atom stereocenters. The quantitative estimate of drug-likeness (QED) is 0.837. The van der Waals surface area contributed by atoms with E-state index in [2.05, 4.69) is 37.8 Å². The number of halogens is 1. The molecule has 2 fully saturated rings. The van der Waals surface area contributed by atoms with E-state index in [4.69, 9.17) is 4.74 Å². The van der Waals surface area contributed by atoms with Crippen molar-refractivity contribution >= 4 is 24.2 Å². The maximum Gasteiger partial charge on any atom is 0.117 e. The van der Waals surface area contributed by atoms with Crippen LogP contribution in [0.25, 0.3) is 0 Å². The van der Waals surface area contributed by atoms with E-state index in [9.17, 15) is 0 Å². The second kappa shape index (κ2) is 6.14. The minimum absolute atomic E-state index is 0. The molecule has 0 aliphatic carbocycles.